The highest BCUT2D eigenvalue weighted by atomic mass is 32.1. The third-order valence-corrected chi connectivity index (χ3v) is 4.84. The molecule has 108 valence electrons. The molecule has 1 atom stereocenters. The number of rotatable bonds is 3. The van der Waals surface area contributed by atoms with Crippen molar-refractivity contribution in [1.82, 2.24) is 24.7 Å². The summed E-state index contributed by atoms with van der Waals surface area (Å²) < 4.78 is 2.59. The Bertz CT molecular complexity index is 816. The number of nitrogens with zero attached hydrogens (tertiary/aromatic N) is 4. The summed E-state index contributed by atoms with van der Waals surface area (Å²) in [7, 11) is 0. The van der Waals surface area contributed by atoms with Gasteiger partial charge in [0, 0.05) is 6.20 Å². The second-order valence-electron chi connectivity index (χ2n) is 4.80. The van der Waals surface area contributed by atoms with Gasteiger partial charge in [0.25, 0.3) is 0 Å². The van der Waals surface area contributed by atoms with Gasteiger partial charge in [0.05, 0.1) is 21.6 Å². The van der Waals surface area contributed by atoms with Crippen LogP contribution in [0.1, 0.15) is 28.5 Å². The van der Waals surface area contributed by atoms with Gasteiger partial charge in [-0.05, 0) is 45.1 Å². The van der Waals surface area contributed by atoms with Gasteiger partial charge >= 0.3 is 0 Å². The van der Waals surface area contributed by atoms with E-state index in [-0.39, 0.29) is 6.04 Å². The number of hydrogen-bond acceptors (Lipinski definition) is 5. The Hall–Kier alpha value is -1.86. The Kier molecular flexibility index (Phi) is 3.69. The first kappa shape index (κ1) is 14.1. The maximum atomic E-state index is 5.40. The van der Waals surface area contributed by atoms with E-state index in [1.54, 1.807) is 17.5 Å². The van der Waals surface area contributed by atoms with Crippen LogP contribution >= 0.6 is 23.6 Å². The molecule has 5 nitrogen and oxygen atoms in total. The summed E-state index contributed by atoms with van der Waals surface area (Å²) in [6.07, 6.45) is 1.75. The smallest absolute Gasteiger partial charge is 0.196 e. The molecule has 0 fully saturated rings. The molecule has 0 amide bonds. The number of aromatic amines is 1. The zero-order chi connectivity index (χ0) is 15.0. The average Bonchev–Trinajstić information content (AvgIpc) is 3.02. The molecular weight excluding hydrogens is 302 g/mol. The Labute approximate surface area is 131 Å². The Balaban J connectivity index is 2.13. The molecule has 1 unspecified atom stereocenters. The van der Waals surface area contributed by atoms with Crippen LogP contribution in [0.5, 0.6) is 0 Å². The Morgan fingerprint density at radius 2 is 2.14 bits per heavy atom. The van der Waals surface area contributed by atoms with Crippen LogP contribution in [-0.4, -0.2) is 24.7 Å². The molecule has 7 heteroatoms. The minimum atomic E-state index is 0.0689. The van der Waals surface area contributed by atoms with E-state index in [1.165, 1.54) is 4.88 Å². The summed E-state index contributed by atoms with van der Waals surface area (Å²) in [6.45, 7) is 6.15. The molecule has 3 heterocycles. The molecule has 21 heavy (non-hydrogen) atoms. The molecule has 0 saturated carbocycles. The topological polar surface area (TPSA) is 59.4 Å². The second-order valence-corrected chi connectivity index (χ2v) is 6.42. The monoisotopic (exact) mass is 317 g/mol. The van der Waals surface area contributed by atoms with Gasteiger partial charge in [0.1, 0.15) is 5.69 Å². The summed E-state index contributed by atoms with van der Waals surface area (Å²) in [5.74, 6) is 0.749. The predicted molar refractivity (Wildman–Crippen MR) is 86.0 cm³/mol. The van der Waals surface area contributed by atoms with Crippen LogP contribution in [0.2, 0.25) is 0 Å². The van der Waals surface area contributed by atoms with E-state index in [2.05, 4.69) is 27.1 Å². The zero-order valence-electron chi connectivity index (χ0n) is 12.0. The largest absolute Gasteiger partial charge is 0.291 e. The molecule has 0 radical (unpaired) electrons. The van der Waals surface area contributed by atoms with E-state index in [9.17, 15) is 0 Å². The van der Waals surface area contributed by atoms with Gasteiger partial charge in [-0.1, -0.05) is 6.07 Å². The normalized spacial score (nSPS) is 12.5. The van der Waals surface area contributed by atoms with E-state index < -0.39 is 0 Å². The van der Waals surface area contributed by atoms with E-state index in [0.717, 1.165) is 22.2 Å². The highest BCUT2D eigenvalue weighted by Gasteiger charge is 2.20. The van der Waals surface area contributed by atoms with Crippen LogP contribution in [0.25, 0.3) is 11.5 Å². The van der Waals surface area contributed by atoms with Gasteiger partial charge in [-0.15, -0.1) is 11.3 Å². The lowest BCUT2D eigenvalue weighted by Gasteiger charge is -2.14. The molecule has 3 rings (SSSR count). The number of aryl methyl sites for hydroxylation is 2. The number of thiazole rings is 1. The minimum Gasteiger partial charge on any atom is -0.291 e. The highest BCUT2D eigenvalue weighted by Crippen LogP contribution is 2.30. The molecular formula is C14H15N5S2. The van der Waals surface area contributed by atoms with Crippen molar-refractivity contribution in [1.29, 1.82) is 0 Å². The number of H-pyrrole nitrogens is 1. The van der Waals surface area contributed by atoms with Crippen LogP contribution in [-0.2, 0) is 0 Å². The van der Waals surface area contributed by atoms with Crippen LogP contribution in [0.3, 0.4) is 0 Å². The van der Waals surface area contributed by atoms with Gasteiger partial charge in [0.15, 0.2) is 10.6 Å². The second kappa shape index (κ2) is 5.50. The lowest BCUT2D eigenvalue weighted by molar-refractivity contribution is 0.640. The van der Waals surface area contributed by atoms with Crippen LogP contribution in [0.15, 0.2) is 24.4 Å². The molecule has 0 bridgehead atoms. The third kappa shape index (κ3) is 2.54. The number of pyridine rings is 1. The fourth-order valence-electron chi connectivity index (χ4n) is 2.39. The zero-order valence-corrected chi connectivity index (χ0v) is 13.6. The summed E-state index contributed by atoms with van der Waals surface area (Å²) in [6, 6.07) is 5.82. The van der Waals surface area contributed by atoms with E-state index >= 15 is 0 Å². The van der Waals surface area contributed by atoms with Crippen molar-refractivity contribution < 1.29 is 0 Å². The number of nitrogens with one attached hydrogen (secondary N) is 1. The number of aromatic nitrogens is 5. The highest BCUT2D eigenvalue weighted by molar-refractivity contribution is 7.71. The summed E-state index contributed by atoms with van der Waals surface area (Å²) in [4.78, 5) is 10.1. The molecule has 3 aromatic rings. The van der Waals surface area contributed by atoms with Crippen molar-refractivity contribution in [3.8, 4) is 11.5 Å². The van der Waals surface area contributed by atoms with Crippen molar-refractivity contribution >= 4 is 23.6 Å². The number of hydrogen-bond donors (Lipinski definition) is 1. The van der Waals surface area contributed by atoms with Crippen molar-refractivity contribution in [2.75, 3.05) is 0 Å². The average molecular weight is 317 g/mol. The molecule has 0 spiro atoms. The fourth-order valence-corrected chi connectivity index (χ4v) is 3.65. The molecule has 0 aliphatic rings. The van der Waals surface area contributed by atoms with Gasteiger partial charge in [-0.2, -0.15) is 5.10 Å². The van der Waals surface area contributed by atoms with Crippen molar-refractivity contribution in [3.05, 3.63) is 44.7 Å². The van der Waals surface area contributed by atoms with Gasteiger partial charge < -0.3 is 0 Å². The quantitative estimate of drug-likeness (QED) is 0.749. The van der Waals surface area contributed by atoms with Gasteiger partial charge in [-0.3, -0.25) is 14.6 Å². The SMILES string of the molecule is Cc1nc(C)c(C(C)n2c(-c3ccccn3)n[nH]c2=S)s1. The van der Waals surface area contributed by atoms with E-state index in [1.807, 2.05) is 36.6 Å². The summed E-state index contributed by atoms with van der Waals surface area (Å²) in [5, 5.41) is 8.27. The van der Waals surface area contributed by atoms with E-state index in [4.69, 9.17) is 12.2 Å². The van der Waals surface area contributed by atoms with Gasteiger partial charge in [0.2, 0.25) is 0 Å². The Morgan fingerprint density at radius 3 is 2.76 bits per heavy atom. The fraction of sp³-hybridized carbons (Fsp3) is 0.286. The first-order chi connectivity index (χ1) is 10.1. The van der Waals surface area contributed by atoms with E-state index in [0.29, 0.717) is 4.77 Å². The summed E-state index contributed by atoms with van der Waals surface area (Å²) >= 11 is 7.09. The first-order valence-corrected chi connectivity index (χ1v) is 7.82. The summed E-state index contributed by atoms with van der Waals surface area (Å²) in [5.41, 5.74) is 1.84. The van der Waals surface area contributed by atoms with Gasteiger partial charge in [-0.25, -0.2) is 4.98 Å². The van der Waals surface area contributed by atoms with Crippen molar-refractivity contribution in [3.63, 3.8) is 0 Å². The Morgan fingerprint density at radius 1 is 1.33 bits per heavy atom. The standard InChI is InChI=1S/C14H15N5S2/c1-8-12(21-10(3)16-8)9(2)19-13(17-18-14(19)20)11-6-4-5-7-15-11/h4-7,9H,1-3H3,(H,18,20). The maximum absolute atomic E-state index is 5.40. The minimum absolute atomic E-state index is 0.0689. The molecule has 0 saturated heterocycles. The maximum Gasteiger partial charge on any atom is 0.196 e. The molecule has 3 aromatic heterocycles. The predicted octanol–water partition coefficient (Wildman–Crippen LogP) is 3.69. The molecule has 0 aromatic carbocycles. The van der Waals surface area contributed by atoms with Crippen LogP contribution in [0.4, 0.5) is 0 Å². The first-order valence-electron chi connectivity index (χ1n) is 6.60. The lowest BCUT2D eigenvalue weighted by Crippen LogP contribution is -2.09. The third-order valence-electron chi connectivity index (χ3n) is 3.30. The molecule has 0 aliphatic heterocycles. The van der Waals surface area contributed by atoms with Crippen LogP contribution < -0.4 is 0 Å². The van der Waals surface area contributed by atoms with Crippen molar-refractivity contribution in [2.24, 2.45) is 0 Å². The lowest BCUT2D eigenvalue weighted by atomic mass is 10.2. The van der Waals surface area contributed by atoms with Crippen molar-refractivity contribution in [2.45, 2.75) is 26.8 Å². The molecule has 1 N–H and O–H groups in total. The van der Waals surface area contributed by atoms with Crippen LogP contribution in [0, 0.1) is 18.6 Å². The molecule has 0 aliphatic carbocycles.